The SMILES string of the molecule is O=S1C2CC3OC2CCC1C3I. The van der Waals surface area contributed by atoms with Gasteiger partial charge in [-0.15, -0.1) is 0 Å². The lowest BCUT2D eigenvalue weighted by atomic mass is 9.99. The van der Waals surface area contributed by atoms with Crippen LogP contribution in [0.4, 0.5) is 0 Å². The summed E-state index contributed by atoms with van der Waals surface area (Å²) in [5.74, 6) is 0. The van der Waals surface area contributed by atoms with E-state index in [-0.39, 0.29) is 0 Å². The maximum atomic E-state index is 11.9. The molecule has 0 aromatic carbocycles. The smallest absolute Gasteiger partial charge is 0.0724 e. The average molecular weight is 298 g/mol. The Hall–Kier alpha value is 0.840. The summed E-state index contributed by atoms with van der Waals surface area (Å²) in [6, 6.07) is 0. The maximum Gasteiger partial charge on any atom is 0.0724 e. The predicted molar refractivity (Wildman–Crippen MR) is 56.0 cm³/mol. The van der Waals surface area contributed by atoms with Gasteiger partial charge in [-0.3, -0.25) is 4.21 Å². The quantitative estimate of drug-likeness (QED) is 0.497. The molecule has 4 heteroatoms. The number of hydrogen-bond donors (Lipinski definition) is 0. The molecule has 2 nitrogen and oxygen atoms in total. The van der Waals surface area contributed by atoms with Gasteiger partial charge in [0, 0.05) is 16.0 Å². The lowest BCUT2D eigenvalue weighted by Crippen LogP contribution is -2.46. The van der Waals surface area contributed by atoms with E-state index in [1.807, 2.05) is 0 Å². The first-order valence-electron chi connectivity index (χ1n) is 4.46. The van der Waals surface area contributed by atoms with Gasteiger partial charge in [0.05, 0.1) is 21.4 Å². The number of fused-ring (bicyclic) bond motifs is 2. The Labute approximate surface area is 88.0 Å². The normalized spacial score (nSPS) is 62.4. The zero-order valence-electron chi connectivity index (χ0n) is 6.61. The van der Waals surface area contributed by atoms with Gasteiger partial charge in [0.2, 0.25) is 0 Å². The minimum Gasteiger partial charge on any atom is -0.373 e. The van der Waals surface area contributed by atoms with Crippen molar-refractivity contribution in [3.8, 4) is 0 Å². The first-order chi connectivity index (χ1) is 5.77. The van der Waals surface area contributed by atoms with E-state index in [9.17, 15) is 4.21 Å². The van der Waals surface area contributed by atoms with Gasteiger partial charge in [-0.2, -0.15) is 0 Å². The Morgan fingerprint density at radius 1 is 1.25 bits per heavy atom. The fourth-order valence-electron chi connectivity index (χ4n) is 2.65. The summed E-state index contributed by atoms with van der Waals surface area (Å²) in [4.78, 5) is 0. The number of hydrogen-bond acceptors (Lipinski definition) is 2. The molecule has 0 amide bonds. The molecular formula is C8H11IO2S. The van der Waals surface area contributed by atoms with E-state index < -0.39 is 10.8 Å². The molecular weight excluding hydrogens is 287 g/mol. The molecule has 0 aromatic heterocycles. The molecule has 0 spiro atoms. The van der Waals surface area contributed by atoms with Crippen LogP contribution in [0, 0.1) is 0 Å². The molecule has 3 aliphatic heterocycles. The van der Waals surface area contributed by atoms with Crippen molar-refractivity contribution in [3.05, 3.63) is 0 Å². The minimum absolute atomic E-state index is 0.340. The van der Waals surface area contributed by atoms with Gasteiger partial charge in [-0.1, -0.05) is 22.6 Å². The second kappa shape index (κ2) is 2.67. The third-order valence-electron chi connectivity index (χ3n) is 3.27. The fraction of sp³-hybridized carbons (Fsp3) is 1.00. The third kappa shape index (κ3) is 0.917. The zero-order valence-corrected chi connectivity index (χ0v) is 9.58. The number of alkyl halides is 1. The van der Waals surface area contributed by atoms with Gasteiger partial charge in [0.1, 0.15) is 0 Å². The zero-order chi connectivity index (χ0) is 8.29. The Bertz CT molecular complexity index is 245. The Morgan fingerprint density at radius 3 is 2.92 bits per heavy atom. The minimum atomic E-state index is -0.587. The molecule has 0 N–H and O–H groups in total. The van der Waals surface area contributed by atoms with Crippen LogP contribution in [-0.2, 0) is 15.5 Å². The maximum absolute atomic E-state index is 11.9. The third-order valence-corrected chi connectivity index (χ3v) is 7.65. The molecule has 68 valence electrons. The van der Waals surface area contributed by atoms with E-state index >= 15 is 0 Å². The van der Waals surface area contributed by atoms with Crippen LogP contribution >= 0.6 is 22.6 Å². The van der Waals surface area contributed by atoms with Crippen LogP contribution < -0.4 is 0 Å². The lowest BCUT2D eigenvalue weighted by Gasteiger charge is -2.34. The van der Waals surface area contributed by atoms with Crippen molar-refractivity contribution < 1.29 is 8.95 Å². The van der Waals surface area contributed by atoms with Crippen LogP contribution in [0.5, 0.6) is 0 Å². The highest BCUT2D eigenvalue weighted by Crippen LogP contribution is 2.46. The number of ether oxygens (including phenoxy) is 1. The van der Waals surface area contributed by atoms with Gasteiger partial charge in [-0.05, 0) is 19.3 Å². The summed E-state index contributed by atoms with van der Waals surface area (Å²) in [7, 11) is -0.587. The average Bonchev–Trinajstić information content (AvgIpc) is 2.37. The topological polar surface area (TPSA) is 26.3 Å². The molecule has 6 unspecified atom stereocenters. The first-order valence-corrected chi connectivity index (χ1v) is 6.98. The van der Waals surface area contributed by atoms with Crippen molar-refractivity contribution in [2.75, 3.05) is 0 Å². The number of halogens is 1. The van der Waals surface area contributed by atoms with Crippen LogP contribution in [0.3, 0.4) is 0 Å². The van der Waals surface area contributed by atoms with Crippen LogP contribution in [-0.4, -0.2) is 30.8 Å². The monoisotopic (exact) mass is 298 g/mol. The molecule has 3 rings (SSSR count). The Balaban J connectivity index is 2.04. The predicted octanol–water partition coefficient (Wildman–Crippen LogP) is 1.24. The van der Waals surface area contributed by atoms with Gasteiger partial charge in [0.15, 0.2) is 0 Å². The van der Waals surface area contributed by atoms with Crippen molar-refractivity contribution in [1.29, 1.82) is 0 Å². The molecule has 3 bridgehead atoms. The van der Waals surface area contributed by atoms with Crippen molar-refractivity contribution >= 4 is 33.4 Å². The van der Waals surface area contributed by atoms with Gasteiger partial charge < -0.3 is 4.74 Å². The highest BCUT2D eigenvalue weighted by atomic mass is 127. The first kappa shape index (κ1) is 8.17. The second-order valence-electron chi connectivity index (χ2n) is 3.88. The molecule has 0 saturated carbocycles. The van der Waals surface area contributed by atoms with Gasteiger partial charge in [0.25, 0.3) is 0 Å². The van der Waals surface area contributed by atoms with E-state index in [1.54, 1.807) is 0 Å². The van der Waals surface area contributed by atoms with Gasteiger partial charge in [-0.25, -0.2) is 0 Å². The molecule has 6 atom stereocenters. The summed E-state index contributed by atoms with van der Waals surface area (Å²) in [5.41, 5.74) is 0. The molecule has 0 radical (unpaired) electrons. The highest BCUT2D eigenvalue weighted by Gasteiger charge is 2.54. The Morgan fingerprint density at radius 2 is 2.08 bits per heavy atom. The van der Waals surface area contributed by atoms with Crippen molar-refractivity contribution in [2.24, 2.45) is 0 Å². The van der Waals surface area contributed by atoms with Crippen molar-refractivity contribution in [2.45, 2.75) is 45.9 Å². The van der Waals surface area contributed by atoms with Crippen LogP contribution in [0.1, 0.15) is 19.3 Å². The number of rotatable bonds is 0. The lowest BCUT2D eigenvalue weighted by molar-refractivity contribution is 0.0571. The summed E-state index contributed by atoms with van der Waals surface area (Å²) in [6.07, 6.45) is 4.09. The van der Waals surface area contributed by atoms with E-state index in [1.165, 1.54) is 0 Å². The van der Waals surface area contributed by atoms with Crippen LogP contribution in [0.2, 0.25) is 0 Å². The molecule has 3 aliphatic rings. The Kier molecular flexibility index (Phi) is 1.82. The standard InChI is InChI=1S/C8H11IO2S/c9-8-5-3-7-4(11-5)1-2-6(8)12(7)10/h4-8H,1-3H2. The second-order valence-corrected chi connectivity index (χ2v) is 7.18. The van der Waals surface area contributed by atoms with E-state index in [4.69, 9.17) is 4.74 Å². The van der Waals surface area contributed by atoms with Gasteiger partial charge >= 0.3 is 0 Å². The van der Waals surface area contributed by atoms with E-state index in [0.29, 0.717) is 26.6 Å². The molecule has 3 saturated heterocycles. The van der Waals surface area contributed by atoms with Crippen LogP contribution in [0.25, 0.3) is 0 Å². The molecule has 0 aromatic rings. The summed E-state index contributed by atoms with van der Waals surface area (Å²) in [6.45, 7) is 0. The van der Waals surface area contributed by atoms with Crippen LogP contribution in [0.15, 0.2) is 0 Å². The van der Waals surface area contributed by atoms with Crippen molar-refractivity contribution in [1.82, 2.24) is 0 Å². The summed E-state index contributed by atoms with van der Waals surface area (Å²) in [5, 5.41) is 0.827. The fourth-order valence-corrected chi connectivity index (χ4v) is 6.47. The van der Waals surface area contributed by atoms with E-state index in [2.05, 4.69) is 22.6 Å². The largest absolute Gasteiger partial charge is 0.373 e. The summed E-state index contributed by atoms with van der Waals surface area (Å²) >= 11 is 2.43. The molecule has 12 heavy (non-hydrogen) atoms. The molecule has 3 heterocycles. The van der Waals surface area contributed by atoms with Crippen molar-refractivity contribution in [3.63, 3.8) is 0 Å². The molecule has 3 fully saturated rings. The van der Waals surface area contributed by atoms with E-state index in [0.717, 1.165) is 19.3 Å². The summed E-state index contributed by atoms with van der Waals surface area (Å²) < 4.78 is 18.2. The highest BCUT2D eigenvalue weighted by molar-refractivity contribution is 14.1. The molecule has 0 aliphatic carbocycles.